The molecule has 2 atom stereocenters. The van der Waals surface area contributed by atoms with Crippen LogP contribution in [0.25, 0.3) is 0 Å². The monoisotopic (exact) mass is 734 g/mol. The molecular formula is C42H70O8S. The van der Waals surface area contributed by atoms with Crippen molar-refractivity contribution in [3.8, 4) is 11.5 Å². The number of benzene rings is 2. The van der Waals surface area contributed by atoms with Gasteiger partial charge in [-0.1, -0.05) is 103 Å². The van der Waals surface area contributed by atoms with Gasteiger partial charge in [-0.3, -0.25) is 0 Å². The third kappa shape index (κ3) is 16.0. The fourth-order valence-corrected chi connectivity index (χ4v) is 8.19. The van der Waals surface area contributed by atoms with Crippen molar-refractivity contribution in [2.75, 3.05) is 42.7 Å². The van der Waals surface area contributed by atoms with Crippen molar-refractivity contribution in [1.82, 2.24) is 0 Å². The van der Waals surface area contributed by atoms with Gasteiger partial charge in [0.05, 0.1) is 0 Å². The van der Waals surface area contributed by atoms with Crippen LogP contribution in [0.3, 0.4) is 0 Å². The van der Waals surface area contributed by atoms with Gasteiger partial charge in [-0.05, 0) is 85.0 Å². The summed E-state index contributed by atoms with van der Waals surface area (Å²) in [7, 11) is 9.71. The Morgan fingerprint density at radius 1 is 0.471 bits per heavy atom. The molecule has 0 aromatic heterocycles. The highest BCUT2D eigenvalue weighted by Gasteiger charge is 2.29. The van der Waals surface area contributed by atoms with Crippen LogP contribution >= 0.6 is 11.8 Å². The van der Waals surface area contributed by atoms with Crippen LogP contribution in [0.5, 0.6) is 11.5 Å². The van der Waals surface area contributed by atoms with Gasteiger partial charge in [-0.2, -0.15) is 0 Å². The maximum atomic E-state index is 10.4. The molecule has 51 heavy (non-hydrogen) atoms. The van der Waals surface area contributed by atoms with E-state index < -0.39 is 11.9 Å². The second-order valence-electron chi connectivity index (χ2n) is 14.0. The molecule has 0 aliphatic carbocycles. The van der Waals surface area contributed by atoms with E-state index in [1.165, 1.54) is 85.1 Å². The number of hydrogen-bond donors (Lipinski definition) is 2. The van der Waals surface area contributed by atoms with E-state index in [0.29, 0.717) is 23.3 Å². The van der Waals surface area contributed by atoms with Gasteiger partial charge in [0.2, 0.25) is 0 Å². The van der Waals surface area contributed by atoms with Crippen molar-refractivity contribution in [3.05, 3.63) is 47.5 Å². The summed E-state index contributed by atoms with van der Waals surface area (Å²) in [6.07, 6.45) is 20.0. The molecule has 2 aromatic rings. The van der Waals surface area contributed by atoms with Gasteiger partial charge in [0.1, 0.15) is 11.5 Å². The van der Waals surface area contributed by atoms with Gasteiger partial charge in [0.15, 0.2) is 0 Å². The minimum Gasteiger partial charge on any atom is -0.508 e. The second-order valence-corrected chi connectivity index (χ2v) is 15.1. The summed E-state index contributed by atoms with van der Waals surface area (Å²) in [4.78, 5) is 2.36. The van der Waals surface area contributed by atoms with Gasteiger partial charge < -0.3 is 38.6 Å². The van der Waals surface area contributed by atoms with Crippen LogP contribution in [0.1, 0.15) is 152 Å². The number of phenols is 2. The van der Waals surface area contributed by atoms with E-state index in [4.69, 9.17) is 28.4 Å². The van der Waals surface area contributed by atoms with E-state index in [-0.39, 0.29) is 0 Å². The van der Waals surface area contributed by atoms with Crippen LogP contribution in [0.2, 0.25) is 0 Å². The lowest BCUT2D eigenvalue weighted by molar-refractivity contribution is -0.355. The molecule has 0 radical (unpaired) electrons. The normalized spacial score (nSPS) is 13.5. The average Bonchev–Trinajstić information content (AvgIpc) is 3.15. The third-order valence-electron chi connectivity index (χ3n) is 10.4. The van der Waals surface area contributed by atoms with Crippen LogP contribution in [-0.4, -0.2) is 64.8 Å². The van der Waals surface area contributed by atoms with E-state index >= 15 is 0 Å². The van der Waals surface area contributed by atoms with Crippen molar-refractivity contribution in [2.45, 2.75) is 163 Å². The SMILES string of the molecule is COC(CCCCCCCCCC(C)c1cc(O)ccc1Sc1ccc(O)cc1C(C)CCCCCCCCCC(OC)(OC)OC)(OC)OC. The smallest absolute Gasteiger partial charge is 0.282 e. The van der Waals surface area contributed by atoms with Crippen molar-refractivity contribution in [2.24, 2.45) is 0 Å². The first kappa shape index (κ1) is 45.3. The zero-order chi connectivity index (χ0) is 37.5. The zero-order valence-corrected chi connectivity index (χ0v) is 33.9. The fourth-order valence-electron chi connectivity index (χ4n) is 6.92. The average molecular weight is 735 g/mol. The Morgan fingerprint density at radius 2 is 0.765 bits per heavy atom. The molecule has 0 bridgehead atoms. The highest BCUT2D eigenvalue weighted by molar-refractivity contribution is 7.99. The van der Waals surface area contributed by atoms with Crippen molar-refractivity contribution in [3.63, 3.8) is 0 Å². The lowest BCUT2D eigenvalue weighted by Gasteiger charge is -2.28. The van der Waals surface area contributed by atoms with Gasteiger partial charge in [0.25, 0.3) is 11.9 Å². The summed E-state index contributed by atoms with van der Waals surface area (Å²) in [6, 6.07) is 11.6. The fraction of sp³-hybridized carbons (Fsp3) is 0.714. The number of hydrogen-bond acceptors (Lipinski definition) is 9. The topological polar surface area (TPSA) is 95.8 Å². The lowest BCUT2D eigenvalue weighted by atomic mass is 9.94. The Balaban J connectivity index is 1.81. The number of ether oxygens (including phenoxy) is 6. The van der Waals surface area contributed by atoms with Crippen LogP contribution in [0.15, 0.2) is 46.2 Å². The lowest BCUT2D eigenvalue weighted by Crippen LogP contribution is -2.35. The van der Waals surface area contributed by atoms with E-state index in [1.54, 1.807) is 66.6 Å². The third-order valence-corrected chi connectivity index (χ3v) is 11.6. The van der Waals surface area contributed by atoms with Gasteiger partial charge in [0, 0.05) is 65.3 Å². The molecule has 0 amide bonds. The molecule has 2 unspecified atom stereocenters. The van der Waals surface area contributed by atoms with Crippen molar-refractivity contribution < 1.29 is 38.6 Å². The van der Waals surface area contributed by atoms with Crippen LogP contribution in [-0.2, 0) is 28.4 Å². The highest BCUT2D eigenvalue weighted by atomic mass is 32.2. The highest BCUT2D eigenvalue weighted by Crippen LogP contribution is 2.42. The first-order chi connectivity index (χ1) is 24.6. The first-order valence-corrected chi connectivity index (χ1v) is 20.1. The summed E-state index contributed by atoms with van der Waals surface area (Å²) < 4.78 is 32.4. The predicted octanol–water partition coefficient (Wildman–Crippen LogP) is 11.7. The number of aromatic hydroxyl groups is 2. The van der Waals surface area contributed by atoms with E-state index in [9.17, 15) is 10.2 Å². The summed E-state index contributed by atoms with van der Waals surface area (Å²) in [5.41, 5.74) is 2.39. The molecule has 2 N–H and O–H groups in total. The van der Waals surface area contributed by atoms with E-state index in [0.717, 1.165) is 51.4 Å². The Hall–Kier alpha value is -1.85. The molecule has 2 aromatic carbocycles. The van der Waals surface area contributed by atoms with Crippen molar-refractivity contribution >= 4 is 11.8 Å². The quantitative estimate of drug-likeness (QED) is 0.0600. The maximum absolute atomic E-state index is 10.4. The van der Waals surface area contributed by atoms with Gasteiger partial charge in [-0.25, -0.2) is 0 Å². The molecule has 0 saturated carbocycles. The molecule has 292 valence electrons. The molecule has 0 saturated heterocycles. The molecule has 0 aliphatic rings. The summed E-state index contributed by atoms with van der Waals surface area (Å²) >= 11 is 1.76. The molecule has 0 aliphatic heterocycles. The molecule has 0 spiro atoms. The van der Waals surface area contributed by atoms with Crippen LogP contribution < -0.4 is 0 Å². The van der Waals surface area contributed by atoms with Gasteiger partial charge in [-0.15, -0.1) is 0 Å². The molecular weight excluding hydrogens is 665 g/mol. The van der Waals surface area contributed by atoms with Crippen molar-refractivity contribution in [1.29, 1.82) is 0 Å². The maximum Gasteiger partial charge on any atom is 0.282 e. The standard InChI is InChI=1S/C42H70O8S/c1-33(23-19-15-11-9-13-17-21-29-41(45-3,46-4)47-5)37-31-35(43)25-27-39(37)51-40-28-26-36(44)32-38(40)34(2)24-20-16-12-10-14-18-22-30-42(48-6,49-7)50-8/h25-28,31-34,43-44H,9-24,29-30H2,1-8H3. The molecule has 2 rings (SSSR count). The summed E-state index contributed by atoms with van der Waals surface area (Å²) in [5.74, 6) is -0.535. The number of rotatable bonds is 30. The number of unbranched alkanes of at least 4 members (excludes halogenated alkanes) is 12. The van der Waals surface area contributed by atoms with Gasteiger partial charge >= 0.3 is 0 Å². The predicted molar refractivity (Wildman–Crippen MR) is 208 cm³/mol. The summed E-state index contributed by atoms with van der Waals surface area (Å²) in [6.45, 7) is 4.55. The van der Waals surface area contributed by atoms with E-state index in [1.807, 2.05) is 12.1 Å². The number of phenolic OH excluding ortho intramolecular Hbond substituents is 2. The Bertz CT molecular complexity index is 1090. The zero-order valence-electron chi connectivity index (χ0n) is 33.1. The van der Waals surface area contributed by atoms with E-state index in [2.05, 4.69) is 26.0 Å². The second kappa shape index (κ2) is 25.2. The molecule has 0 heterocycles. The molecule has 0 fully saturated rings. The molecule has 9 heteroatoms. The largest absolute Gasteiger partial charge is 0.508 e. The van der Waals surface area contributed by atoms with Crippen LogP contribution in [0, 0.1) is 0 Å². The Kier molecular flexibility index (Phi) is 22.4. The number of methoxy groups -OCH3 is 6. The molecule has 8 nitrogen and oxygen atoms in total. The van der Waals surface area contributed by atoms with Crippen LogP contribution in [0.4, 0.5) is 0 Å². The minimum absolute atomic E-state index is 0.313. The minimum atomic E-state index is -0.919. The first-order valence-electron chi connectivity index (χ1n) is 19.3. The Morgan fingerprint density at radius 3 is 1.08 bits per heavy atom. The summed E-state index contributed by atoms with van der Waals surface area (Å²) in [5, 5.41) is 20.9. The Labute approximate surface area is 314 Å².